The Balaban J connectivity index is 0.000000196. The molecule has 11 heteroatoms. The first kappa shape index (κ1) is 27.2. The summed E-state index contributed by atoms with van der Waals surface area (Å²) < 4.78 is 11.4. The fraction of sp³-hybridized carbons (Fsp3) is 0.417. The maximum atomic E-state index is 6.02. The minimum Gasteiger partial charge on any atom is -0.463 e. The standard InChI is InChI=1S/C12H16BrN3O.C12H15Cl2N3O/c1-2-16(7-10-8-17-12(14)15-10)11-5-3-9(13)4-6-11;1-2-17(6-8-7-18-12(15)16-8)9-3-4-10(13)11(14)5-9/h3-6,10H,2,7-8H2,1H3,(H2,14,15);3-5,8H,2,6-7H2,1H3,(H2,15,16)/t10-;8-/m00/s1. The number of nitrogens with zero attached hydrogens (tertiary/aromatic N) is 4. The van der Waals surface area contributed by atoms with E-state index in [1.807, 2.05) is 24.3 Å². The summed E-state index contributed by atoms with van der Waals surface area (Å²) in [6.07, 6.45) is 0. The minimum absolute atomic E-state index is 0.0689. The molecule has 0 unspecified atom stereocenters. The smallest absolute Gasteiger partial charge is 0.282 e. The van der Waals surface area contributed by atoms with Crippen molar-refractivity contribution >= 4 is 62.5 Å². The van der Waals surface area contributed by atoms with Gasteiger partial charge in [-0.15, -0.1) is 0 Å². The first-order valence-corrected chi connectivity index (χ1v) is 13.0. The molecule has 0 aromatic heterocycles. The number of hydrogen-bond acceptors (Lipinski definition) is 8. The second kappa shape index (κ2) is 13.1. The maximum Gasteiger partial charge on any atom is 0.282 e. The van der Waals surface area contributed by atoms with E-state index in [4.69, 9.17) is 44.1 Å². The van der Waals surface area contributed by atoms with E-state index in [2.05, 4.69) is 61.7 Å². The second-order valence-electron chi connectivity index (χ2n) is 8.02. The van der Waals surface area contributed by atoms with Crippen LogP contribution in [0.1, 0.15) is 13.8 Å². The van der Waals surface area contributed by atoms with E-state index >= 15 is 0 Å². The van der Waals surface area contributed by atoms with Gasteiger partial charge in [0.15, 0.2) is 0 Å². The Bertz CT molecular complexity index is 1040. The maximum absolute atomic E-state index is 6.02. The summed E-state index contributed by atoms with van der Waals surface area (Å²) in [7, 11) is 0. The molecule has 8 nitrogen and oxygen atoms in total. The van der Waals surface area contributed by atoms with E-state index in [1.54, 1.807) is 6.07 Å². The second-order valence-corrected chi connectivity index (χ2v) is 9.75. The highest BCUT2D eigenvalue weighted by Gasteiger charge is 2.21. The van der Waals surface area contributed by atoms with Crippen LogP contribution >= 0.6 is 39.1 Å². The SMILES string of the molecule is CCN(C[C@H]1COC(N)=N1)c1ccc(Br)cc1.CCN(C[C@H]1COC(N)=N1)c1ccc(Cl)c(Cl)c1. The molecule has 0 saturated heterocycles. The minimum atomic E-state index is 0.0689. The van der Waals surface area contributed by atoms with Gasteiger partial charge in [0.25, 0.3) is 12.0 Å². The van der Waals surface area contributed by atoms with Gasteiger partial charge < -0.3 is 30.7 Å². The van der Waals surface area contributed by atoms with Crippen molar-refractivity contribution in [1.29, 1.82) is 0 Å². The van der Waals surface area contributed by atoms with E-state index < -0.39 is 0 Å². The van der Waals surface area contributed by atoms with Crippen LogP contribution in [0.5, 0.6) is 0 Å². The summed E-state index contributed by atoms with van der Waals surface area (Å²) in [5, 5.41) is 1.11. The molecule has 0 aliphatic carbocycles. The van der Waals surface area contributed by atoms with Crippen molar-refractivity contribution in [2.75, 3.05) is 49.2 Å². The highest BCUT2D eigenvalue weighted by atomic mass is 79.9. The summed E-state index contributed by atoms with van der Waals surface area (Å²) in [5.74, 6) is 0. The summed E-state index contributed by atoms with van der Waals surface area (Å²) in [4.78, 5) is 12.9. The molecule has 2 aliphatic heterocycles. The monoisotopic (exact) mass is 584 g/mol. The van der Waals surface area contributed by atoms with Crippen LogP contribution in [0.15, 0.2) is 56.9 Å². The number of hydrogen-bond donors (Lipinski definition) is 2. The lowest BCUT2D eigenvalue weighted by Crippen LogP contribution is -2.32. The lowest BCUT2D eigenvalue weighted by atomic mass is 10.2. The number of nitrogens with two attached hydrogens (primary N) is 2. The van der Waals surface area contributed by atoms with Crippen molar-refractivity contribution in [2.24, 2.45) is 21.5 Å². The summed E-state index contributed by atoms with van der Waals surface area (Å²) in [6, 6.07) is 14.7. The molecule has 0 fully saturated rings. The van der Waals surface area contributed by atoms with Crippen LogP contribution in [0.25, 0.3) is 0 Å². The van der Waals surface area contributed by atoms with Crippen LogP contribution in [-0.2, 0) is 9.47 Å². The first-order chi connectivity index (χ1) is 16.8. The van der Waals surface area contributed by atoms with Crippen molar-refractivity contribution in [2.45, 2.75) is 25.9 Å². The molecule has 35 heavy (non-hydrogen) atoms. The van der Waals surface area contributed by atoms with Crippen LogP contribution in [0.4, 0.5) is 11.4 Å². The van der Waals surface area contributed by atoms with E-state index in [0.29, 0.717) is 29.3 Å². The predicted octanol–water partition coefficient (Wildman–Crippen LogP) is 4.52. The van der Waals surface area contributed by atoms with Gasteiger partial charge in [-0.2, -0.15) is 0 Å². The highest BCUT2D eigenvalue weighted by Crippen LogP contribution is 2.27. The molecular weight excluding hydrogens is 555 g/mol. The third kappa shape index (κ3) is 8.08. The zero-order valence-electron chi connectivity index (χ0n) is 19.8. The van der Waals surface area contributed by atoms with Crippen molar-refractivity contribution in [3.63, 3.8) is 0 Å². The van der Waals surface area contributed by atoms with Crippen molar-refractivity contribution in [1.82, 2.24) is 0 Å². The van der Waals surface area contributed by atoms with Gasteiger partial charge in [0.05, 0.1) is 10.0 Å². The van der Waals surface area contributed by atoms with Crippen LogP contribution in [0.2, 0.25) is 10.0 Å². The van der Waals surface area contributed by atoms with E-state index in [-0.39, 0.29) is 18.1 Å². The number of likely N-dealkylation sites (N-methyl/N-ethyl adjacent to an activating group) is 2. The Morgan fingerprint density at radius 2 is 1.31 bits per heavy atom. The lowest BCUT2D eigenvalue weighted by Gasteiger charge is -2.25. The third-order valence-corrected chi connectivity index (χ3v) is 6.82. The van der Waals surface area contributed by atoms with Gasteiger partial charge in [-0.3, -0.25) is 0 Å². The zero-order chi connectivity index (χ0) is 25.4. The van der Waals surface area contributed by atoms with Gasteiger partial charge in [0.2, 0.25) is 0 Å². The molecule has 0 spiro atoms. The molecule has 4 rings (SSSR count). The van der Waals surface area contributed by atoms with Gasteiger partial charge in [0, 0.05) is 42.0 Å². The predicted molar refractivity (Wildman–Crippen MR) is 149 cm³/mol. The van der Waals surface area contributed by atoms with Crippen molar-refractivity contribution in [3.8, 4) is 0 Å². The zero-order valence-corrected chi connectivity index (χ0v) is 22.9. The molecule has 0 bridgehead atoms. The van der Waals surface area contributed by atoms with Crippen LogP contribution in [-0.4, -0.2) is 63.5 Å². The summed E-state index contributed by atoms with van der Waals surface area (Å²) in [5.41, 5.74) is 13.2. The Morgan fingerprint density at radius 3 is 1.74 bits per heavy atom. The summed E-state index contributed by atoms with van der Waals surface area (Å²) in [6.45, 7) is 8.68. The van der Waals surface area contributed by atoms with Gasteiger partial charge in [-0.25, -0.2) is 9.98 Å². The number of aliphatic imine (C=N–C) groups is 2. The molecule has 4 N–H and O–H groups in total. The largest absolute Gasteiger partial charge is 0.463 e. The van der Waals surface area contributed by atoms with Gasteiger partial charge in [0.1, 0.15) is 25.3 Å². The number of anilines is 2. The Morgan fingerprint density at radius 1 is 0.829 bits per heavy atom. The van der Waals surface area contributed by atoms with E-state index in [0.717, 1.165) is 36.3 Å². The van der Waals surface area contributed by atoms with Crippen molar-refractivity contribution in [3.05, 3.63) is 57.0 Å². The molecule has 0 saturated carbocycles. The molecule has 0 radical (unpaired) electrons. The Hall–Kier alpha value is -2.36. The van der Waals surface area contributed by atoms with Gasteiger partial charge in [-0.05, 0) is 56.3 Å². The highest BCUT2D eigenvalue weighted by molar-refractivity contribution is 9.10. The van der Waals surface area contributed by atoms with Crippen LogP contribution in [0.3, 0.4) is 0 Å². The van der Waals surface area contributed by atoms with Crippen LogP contribution in [0, 0.1) is 0 Å². The van der Waals surface area contributed by atoms with Gasteiger partial charge >= 0.3 is 0 Å². The number of amidine groups is 2. The van der Waals surface area contributed by atoms with E-state index in [9.17, 15) is 0 Å². The topological polar surface area (TPSA) is 102 Å². The molecular formula is C24H31BrCl2N6O2. The molecule has 2 aliphatic rings. The molecule has 190 valence electrons. The average Bonchev–Trinajstić information content (AvgIpc) is 3.46. The lowest BCUT2D eigenvalue weighted by molar-refractivity contribution is 0.313. The quantitative estimate of drug-likeness (QED) is 0.472. The average molecular weight is 586 g/mol. The summed E-state index contributed by atoms with van der Waals surface area (Å²) >= 11 is 15.4. The number of rotatable bonds is 8. The number of ether oxygens (including phenoxy) is 2. The first-order valence-electron chi connectivity index (χ1n) is 11.4. The molecule has 2 aromatic rings. The molecule has 2 aromatic carbocycles. The fourth-order valence-electron chi connectivity index (χ4n) is 3.74. The van der Waals surface area contributed by atoms with E-state index in [1.165, 1.54) is 5.69 Å². The normalized spacial score (nSPS) is 18.5. The Kier molecular flexibility index (Phi) is 10.2. The van der Waals surface area contributed by atoms with Gasteiger partial charge in [-0.1, -0.05) is 39.1 Å². The molecule has 2 atom stereocenters. The van der Waals surface area contributed by atoms with Crippen molar-refractivity contribution < 1.29 is 9.47 Å². The van der Waals surface area contributed by atoms with Crippen LogP contribution < -0.4 is 21.3 Å². The number of benzene rings is 2. The Labute approximate surface area is 225 Å². The third-order valence-electron chi connectivity index (χ3n) is 5.55. The molecule has 2 heterocycles. The fourth-order valence-corrected chi connectivity index (χ4v) is 4.29. The molecule has 0 amide bonds. The number of halogens is 3.